The highest BCUT2D eigenvalue weighted by molar-refractivity contribution is 6.35. The van der Waals surface area contributed by atoms with Gasteiger partial charge in [-0.2, -0.15) is 0 Å². The summed E-state index contributed by atoms with van der Waals surface area (Å²) >= 11 is 11.9. The number of amides is 1. The Morgan fingerprint density at radius 2 is 1.87 bits per heavy atom. The predicted octanol–water partition coefficient (Wildman–Crippen LogP) is 4.27. The summed E-state index contributed by atoms with van der Waals surface area (Å²) in [6, 6.07) is 9.96. The van der Waals surface area contributed by atoms with E-state index in [0.717, 1.165) is 5.56 Å². The molecule has 2 aromatic rings. The third kappa shape index (κ3) is 4.47. The largest absolute Gasteiger partial charge is 0.465 e. The Morgan fingerprint density at radius 3 is 2.52 bits per heavy atom. The van der Waals surface area contributed by atoms with Crippen molar-refractivity contribution in [3.8, 4) is 0 Å². The number of anilines is 1. The average molecular weight is 352 g/mol. The fraction of sp³-hybridized carbons (Fsp3) is 0.176. The van der Waals surface area contributed by atoms with Crippen molar-refractivity contribution in [3.63, 3.8) is 0 Å². The summed E-state index contributed by atoms with van der Waals surface area (Å²) in [5.74, 6) is -0.694. The van der Waals surface area contributed by atoms with Gasteiger partial charge >= 0.3 is 5.97 Å². The number of hydrogen-bond donors (Lipinski definition) is 1. The highest BCUT2D eigenvalue weighted by atomic mass is 35.5. The van der Waals surface area contributed by atoms with Gasteiger partial charge in [-0.25, -0.2) is 4.79 Å². The van der Waals surface area contributed by atoms with Gasteiger partial charge in [0.25, 0.3) is 0 Å². The van der Waals surface area contributed by atoms with Gasteiger partial charge in [0.1, 0.15) is 0 Å². The van der Waals surface area contributed by atoms with Crippen molar-refractivity contribution in [2.45, 2.75) is 13.3 Å². The van der Waals surface area contributed by atoms with Gasteiger partial charge in [-0.1, -0.05) is 35.3 Å². The SMILES string of the molecule is COC(=O)c1ccc(C)c(NC(=O)Cc2ccc(Cl)cc2Cl)c1. The number of aryl methyl sites for hydroxylation is 1. The van der Waals surface area contributed by atoms with E-state index in [1.807, 2.05) is 6.92 Å². The average Bonchev–Trinajstić information content (AvgIpc) is 2.51. The van der Waals surface area contributed by atoms with Crippen LogP contribution in [0.5, 0.6) is 0 Å². The summed E-state index contributed by atoms with van der Waals surface area (Å²) in [6.07, 6.45) is 0.109. The summed E-state index contributed by atoms with van der Waals surface area (Å²) in [4.78, 5) is 23.8. The number of halogens is 2. The minimum Gasteiger partial charge on any atom is -0.465 e. The van der Waals surface area contributed by atoms with Gasteiger partial charge in [0, 0.05) is 15.7 Å². The van der Waals surface area contributed by atoms with Crippen molar-refractivity contribution in [1.82, 2.24) is 0 Å². The number of nitrogens with one attached hydrogen (secondary N) is 1. The molecule has 2 rings (SSSR count). The second-order valence-electron chi connectivity index (χ2n) is 4.98. The number of hydrogen-bond acceptors (Lipinski definition) is 3. The van der Waals surface area contributed by atoms with E-state index < -0.39 is 5.97 Å². The van der Waals surface area contributed by atoms with Gasteiger partial charge in [0.15, 0.2) is 0 Å². The Morgan fingerprint density at radius 1 is 1.13 bits per heavy atom. The van der Waals surface area contributed by atoms with Crippen molar-refractivity contribution in [2.75, 3.05) is 12.4 Å². The first-order valence-corrected chi connectivity index (χ1v) is 7.59. The Bertz CT molecular complexity index is 759. The Kier molecular flexibility index (Phi) is 5.64. The third-order valence-corrected chi connectivity index (χ3v) is 3.89. The van der Waals surface area contributed by atoms with E-state index in [-0.39, 0.29) is 12.3 Å². The Labute approximate surface area is 144 Å². The number of rotatable bonds is 4. The molecule has 0 spiro atoms. The molecule has 1 N–H and O–H groups in total. The summed E-state index contributed by atoms with van der Waals surface area (Å²) in [7, 11) is 1.31. The number of carbonyl (C=O) groups excluding carboxylic acids is 2. The van der Waals surface area contributed by atoms with Crippen molar-refractivity contribution < 1.29 is 14.3 Å². The first kappa shape index (κ1) is 17.3. The molecule has 0 unspecified atom stereocenters. The maximum absolute atomic E-state index is 12.2. The first-order chi connectivity index (χ1) is 10.9. The number of benzene rings is 2. The lowest BCUT2D eigenvalue weighted by Crippen LogP contribution is -2.16. The monoisotopic (exact) mass is 351 g/mol. The zero-order valence-electron chi connectivity index (χ0n) is 12.7. The van der Waals surface area contributed by atoms with Crippen LogP contribution in [0.15, 0.2) is 36.4 Å². The second kappa shape index (κ2) is 7.49. The number of ether oxygens (including phenoxy) is 1. The molecule has 0 radical (unpaired) electrons. The molecule has 0 atom stereocenters. The minimum atomic E-state index is -0.457. The van der Waals surface area contributed by atoms with E-state index in [1.165, 1.54) is 7.11 Å². The molecule has 0 aliphatic heterocycles. The van der Waals surface area contributed by atoms with E-state index in [9.17, 15) is 9.59 Å². The van der Waals surface area contributed by atoms with Gasteiger partial charge in [0.2, 0.25) is 5.91 Å². The smallest absolute Gasteiger partial charge is 0.337 e. The van der Waals surface area contributed by atoms with Crippen molar-refractivity contribution >= 4 is 40.8 Å². The maximum Gasteiger partial charge on any atom is 0.337 e. The molecule has 2 aromatic carbocycles. The van der Waals surface area contributed by atoms with Crippen LogP contribution >= 0.6 is 23.2 Å². The van der Waals surface area contributed by atoms with Gasteiger partial charge in [-0.3, -0.25) is 4.79 Å². The van der Waals surface area contributed by atoms with Gasteiger partial charge in [-0.05, 0) is 42.3 Å². The quantitative estimate of drug-likeness (QED) is 0.836. The van der Waals surface area contributed by atoms with Crippen LogP contribution in [0.1, 0.15) is 21.5 Å². The fourth-order valence-corrected chi connectivity index (χ4v) is 2.51. The van der Waals surface area contributed by atoms with Crippen molar-refractivity contribution in [2.24, 2.45) is 0 Å². The maximum atomic E-state index is 12.2. The summed E-state index contributed by atoms with van der Waals surface area (Å²) in [6.45, 7) is 1.84. The van der Waals surface area contributed by atoms with Crippen molar-refractivity contribution in [1.29, 1.82) is 0 Å². The molecule has 0 saturated heterocycles. The van der Waals surface area contributed by atoms with Crippen LogP contribution in [0.2, 0.25) is 10.0 Å². The van der Waals surface area contributed by atoms with E-state index in [0.29, 0.717) is 26.9 Å². The molecule has 1 amide bonds. The first-order valence-electron chi connectivity index (χ1n) is 6.83. The summed E-state index contributed by atoms with van der Waals surface area (Å²) in [5, 5.41) is 3.73. The molecule has 23 heavy (non-hydrogen) atoms. The molecule has 0 saturated carbocycles. The van der Waals surface area contributed by atoms with E-state index in [2.05, 4.69) is 10.1 Å². The molecule has 4 nitrogen and oxygen atoms in total. The third-order valence-electron chi connectivity index (χ3n) is 3.30. The standard InChI is InChI=1S/C17H15Cl2NO3/c1-10-3-4-12(17(22)23-2)7-15(10)20-16(21)8-11-5-6-13(18)9-14(11)19/h3-7,9H,8H2,1-2H3,(H,20,21). The lowest BCUT2D eigenvalue weighted by atomic mass is 10.1. The lowest BCUT2D eigenvalue weighted by Gasteiger charge is -2.11. The number of methoxy groups -OCH3 is 1. The molecular formula is C17H15Cl2NO3. The zero-order chi connectivity index (χ0) is 17.0. The van der Waals surface area contributed by atoms with Crippen LogP contribution in [0.3, 0.4) is 0 Å². The Hall–Kier alpha value is -2.04. The fourth-order valence-electron chi connectivity index (χ4n) is 2.03. The second-order valence-corrected chi connectivity index (χ2v) is 5.83. The zero-order valence-corrected chi connectivity index (χ0v) is 14.2. The van der Waals surface area contributed by atoms with E-state index in [4.69, 9.17) is 23.2 Å². The molecule has 0 aliphatic rings. The number of esters is 1. The normalized spacial score (nSPS) is 10.3. The molecule has 120 valence electrons. The molecule has 0 aliphatic carbocycles. The van der Waals surface area contributed by atoms with Crippen LogP contribution in [0.25, 0.3) is 0 Å². The molecular weight excluding hydrogens is 337 g/mol. The van der Waals surface area contributed by atoms with Crippen LogP contribution < -0.4 is 5.32 Å². The summed E-state index contributed by atoms with van der Waals surface area (Å²) < 4.78 is 4.68. The molecule has 0 aromatic heterocycles. The molecule has 0 bridgehead atoms. The highest BCUT2D eigenvalue weighted by Gasteiger charge is 2.12. The summed E-state index contributed by atoms with van der Waals surface area (Å²) in [5.41, 5.74) is 2.45. The Balaban J connectivity index is 2.15. The molecule has 6 heteroatoms. The van der Waals surface area contributed by atoms with Gasteiger partial charge in [-0.15, -0.1) is 0 Å². The van der Waals surface area contributed by atoms with Crippen LogP contribution in [-0.2, 0) is 16.0 Å². The highest BCUT2D eigenvalue weighted by Crippen LogP contribution is 2.22. The van der Waals surface area contributed by atoms with E-state index >= 15 is 0 Å². The van der Waals surface area contributed by atoms with E-state index in [1.54, 1.807) is 36.4 Å². The van der Waals surface area contributed by atoms with Crippen LogP contribution in [0.4, 0.5) is 5.69 Å². The lowest BCUT2D eigenvalue weighted by molar-refractivity contribution is -0.115. The van der Waals surface area contributed by atoms with Gasteiger partial charge < -0.3 is 10.1 Å². The number of carbonyl (C=O) groups is 2. The molecule has 0 fully saturated rings. The minimum absolute atomic E-state index is 0.109. The van der Waals surface area contributed by atoms with Gasteiger partial charge in [0.05, 0.1) is 19.1 Å². The van der Waals surface area contributed by atoms with Crippen molar-refractivity contribution in [3.05, 3.63) is 63.1 Å². The molecule has 0 heterocycles. The van der Waals surface area contributed by atoms with Crippen LogP contribution in [0, 0.1) is 6.92 Å². The topological polar surface area (TPSA) is 55.4 Å². The predicted molar refractivity (Wildman–Crippen MR) is 91.3 cm³/mol. The van der Waals surface area contributed by atoms with Crippen LogP contribution in [-0.4, -0.2) is 19.0 Å².